The van der Waals surface area contributed by atoms with Crippen LogP contribution >= 0.6 is 0 Å². The highest BCUT2D eigenvalue weighted by atomic mass is 16.5. The van der Waals surface area contributed by atoms with Crippen molar-refractivity contribution < 1.29 is 14.3 Å². The molecule has 0 saturated carbocycles. The summed E-state index contributed by atoms with van der Waals surface area (Å²) in [4.78, 5) is 24.0. The molecule has 0 aromatic heterocycles. The number of carbonyl (C=O) groups excluding carboxylic acids is 2. The van der Waals surface area contributed by atoms with Crippen LogP contribution < -0.4 is 10.6 Å². The minimum Gasteiger partial charge on any atom is -0.363 e. The summed E-state index contributed by atoms with van der Waals surface area (Å²) in [7, 11) is 0. The maximum Gasteiger partial charge on any atom is 0.254 e. The molecular weight excluding hydrogens is 256 g/mol. The van der Waals surface area contributed by atoms with Gasteiger partial charge in [-0.3, -0.25) is 9.59 Å². The lowest BCUT2D eigenvalue weighted by Gasteiger charge is -2.28. The van der Waals surface area contributed by atoms with Gasteiger partial charge in [0.05, 0.1) is 6.61 Å². The largest absolute Gasteiger partial charge is 0.363 e. The van der Waals surface area contributed by atoms with Gasteiger partial charge in [0, 0.05) is 6.54 Å². The predicted octanol–water partition coefficient (Wildman–Crippen LogP) is 0.695. The zero-order chi connectivity index (χ0) is 13.9. The predicted molar refractivity (Wildman–Crippen MR) is 73.0 cm³/mol. The molecule has 1 aromatic carbocycles. The number of benzene rings is 1. The van der Waals surface area contributed by atoms with Gasteiger partial charge in [-0.2, -0.15) is 0 Å². The number of rotatable bonds is 2. The molecule has 5 heteroatoms. The number of piperidine rings is 1. The zero-order valence-corrected chi connectivity index (χ0v) is 11.2. The summed E-state index contributed by atoms with van der Waals surface area (Å²) in [5.41, 5.74) is 2.06. The normalized spacial score (nSPS) is 25.5. The molecule has 106 valence electrons. The highest BCUT2D eigenvalue weighted by Gasteiger charge is 2.31. The van der Waals surface area contributed by atoms with Gasteiger partial charge in [0.2, 0.25) is 5.91 Å². The van der Waals surface area contributed by atoms with Crippen molar-refractivity contribution in [3.63, 3.8) is 0 Å². The van der Waals surface area contributed by atoms with Gasteiger partial charge < -0.3 is 15.4 Å². The summed E-state index contributed by atoms with van der Waals surface area (Å²) in [6.45, 7) is 1.22. The number of fused-ring (bicyclic) bond motifs is 1. The van der Waals surface area contributed by atoms with Crippen LogP contribution in [-0.2, 0) is 20.7 Å². The molecule has 1 saturated heterocycles. The third kappa shape index (κ3) is 2.54. The molecule has 0 radical (unpaired) electrons. The Balaban J connectivity index is 1.73. The Labute approximate surface area is 117 Å². The van der Waals surface area contributed by atoms with Crippen molar-refractivity contribution in [3.05, 3.63) is 35.4 Å². The first-order valence-corrected chi connectivity index (χ1v) is 7.03. The second-order valence-corrected chi connectivity index (χ2v) is 5.19. The van der Waals surface area contributed by atoms with Crippen molar-refractivity contribution >= 4 is 11.8 Å². The average molecular weight is 274 g/mol. The Morgan fingerprint density at radius 3 is 3.05 bits per heavy atom. The molecule has 2 heterocycles. The van der Waals surface area contributed by atoms with E-state index in [0.29, 0.717) is 19.6 Å². The quantitative estimate of drug-likeness (QED) is 0.834. The van der Waals surface area contributed by atoms with Crippen LogP contribution in [0.5, 0.6) is 0 Å². The average Bonchev–Trinajstić information content (AvgIpc) is 2.49. The molecule has 3 rings (SSSR count). The Hall–Kier alpha value is -1.88. The summed E-state index contributed by atoms with van der Waals surface area (Å²) in [5, 5.41) is 5.57. The molecule has 0 spiro atoms. The van der Waals surface area contributed by atoms with E-state index in [1.54, 1.807) is 0 Å². The fraction of sp³-hybridized carbons (Fsp3) is 0.467. The summed E-state index contributed by atoms with van der Waals surface area (Å²) in [6, 6.07) is 7.37. The maximum absolute atomic E-state index is 12.4. The molecule has 2 amide bonds. The first kappa shape index (κ1) is 13.1. The SMILES string of the molecule is O=C(N[C@@H]1CCCNC1=O)[C@H]1OCCc2ccccc21. The van der Waals surface area contributed by atoms with Crippen LogP contribution in [0.1, 0.15) is 30.1 Å². The fourth-order valence-electron chi connectivity index (χ4n) is 2.77. The second-order valence-electron chi connectivity index (χ2n) is 5.19. The van der Waals surface area contributed by atoms with Crippen molar-refractivity contribution in [3.8, 4) is 0 Å². The van der Waals surface area contributed by atoms with E-state index in [-0.39, 0.29) is 11.8 Å². The van der Waals surface area contributed by atoms with E-state index in [9.17, 15) is 9.59 Å². The van der Waals surface area contributed by atoms with Crippen molar-refractivity contribution in [2.45, 2.75) is 31.4 Å². The van der Waals surface area contributed by atoms with Crippen molar-refractivity contribution in [2.75, 3.05) is 13.2 Å². The molecule has 2 N–H and O–H groups in total. The summed E-state index contributed by atoms with van der Waals surface area (Å²) in [5.74, 6) is -0.326. The van der Waals surface area contributed by atoms with Gasteiger partial charge >= 0.3 is 0 Å². The van der Waals surface area contributed by atoms with Crippen LogP contribution in [-0.4, -0.2) is 31.0 Å². The van der Waals surface area contributed by atoms with Gasteiger partial charge in [0.1, 0.15) is 6.04 Å². The molecule has 5 nitrogen and oxygen atoms in total. The lowest BCUT2D eigenvalue weighted by Crippen LogP contribution is -2.51. The molecule has 2 aliphatic heterocycles. The van der Waals surface area contributed by atoms with Crippen LogP contribution in [0.2, 0.25) is 0 Å². The van der Waals surface area contributed by atoms with E-state index in [4.69, 9.17) is 4.74 Å². The maximum atomic E-state index is 12.4. The molecule has 20 heavy (non-hydrogen) atoms. The van der Waals surface area contributed by atoms with E-state index in [1.807, 2.05) is 24.3 Å². The Bertz CT molecular complexity index is 530. The molecule has 0 aliphatic carbocycles. The molecule has 1 fully saturated rings. The highest BCUT2D eigenvalue weighted by Crippen LogP contribution is 2.27. The van der Waals surface area contributed by atoms with Gasteiger partial charge in [-0.1, -0.05) is 24.3 Å². The van der Waals surface area contributed by atoms with Crippen molar-refractivity contribution in [1.29, 1.82) is 0 Å². The van der Waals surface area contributed by atoms with Gasteiger partial charge in [-0.05, 0) is 30.4 Å². The molecule has 2 aliphatic rings. The van der Waals surface area contributed by atoms with Gasteiger partial charge in [-0.15, -0.1) is 0 Å². The lowest BCUT2D eigenvalue weighted by molar-refractivity contribution is -0.138. The minimum absolute atomic E-state index is 0.103. The van der Waals surface area contributed by atoms with Crippen LogP contribution in [0.25, 0.3) is 0 Å². The van der Waals surface area contributed by atoms with Crippen molar-refractivity contribution in [1.82, 2.24) is 10.6 Å². The molecule has 2 atom stereocenters. The number of ether oxygens (including phenoxy) is 1. The van der Waals surface area contributed by atoms with Crippen LogP contribution in [0.3, 0.4) is 0 Å². The molecule has 1 aromatic rings. The van der Waals surface area contributed by atoms with Crippen LogP contribution in [0.4, 0.5) is 0 Å². The number of amides is 2. The molecule has 0 unspecified atom stereocenters. The second kappa shape index (κ2) is 5.63. The highest BCUT2D eigenvalue weighted by molar-refractivity contribution is 5.90. The molecule has 0 bridgehead atoms. The number of nitrogens with one attached hydrogen (secondary N) is 2. The number of carbonyl (C=O) groups is 2. The Morgan fingerprint density at radius 1 is 1.35 bits per heavy atom. The first-order chi connectivity index (χ1) is 9.75. The Morgan fingerprint density at radius 2 is 2.20 bits per heavy atom. The summed E-state index contributed by atoms with van der Waals surface area (Å²) in [6.07, 6.45) is 1.80. The molecular formula is C15H18N2O3. The summed E-state index contributed by atoms with van der Waals surface area (Å²) >= 11 is 0. The first-order valence-electron chi connectivity index (χ1n) is 7.03. The third-order valence-electron chi connectivity index (χ3n) is 3.83. The van der Waals surface area contributed by atoms with Crippen LogP contribution in [0.15, 0.2) is 24.3 Å². The summed E-state index contributed by atoms with van der Waals surface area (Å²) < 4.78 is 5.60. The fourth-order valence-corrected chi connectivity index (χ4v) is 2.77. The van der Waals surface area contributed by atoms with Crippen molar-refractivity contribution in [2.24, 2.45) is 0 Å². The third-order valence-corrected chi connectivity index (χ3v) is 3.83. The van der Waals surface area contributed by atoms with E-state index in [2.05, 4.69) is 10.6 Å². The Kier molecular flexibility index (Phi) is 3.69. The standard InChI is InChI=1S/C15H18N2O3/c18-14-12(6-3-8-16-14)17-15(19)13-11-5-2-1-4-10(11)7-9-20-13/h1-2,4-5,12-13H,3,6-9H2,(H,16,18)(H,17,19)/t12-,13+/m1/s1. The zero-order valence-electron chi connectivity index (χ0n) is 11.2. The van der Waals surface area contributed by atoms with Crippen LogP contribution in [0, 0.1) is 0 Å². The number of hydrogen-bond acceptors (Lipinski definition) is 3. The van der Waals surface area contributed by atoms with Gasteiger partial charge in [0.15, 0.2) is 6.10 Å². The lowest BCUT2D eigenvalue weighted by atomic mass is 9.96. The van der Waals surface area contributed by atoms with E-state index in [0.717, 1.165) is 24.0 Å². The topological polar surface area (TPSA) is 67.4 Å². The monoisotopic (exact) mass is 274 g/mol. The van der Waals surface area contributed by atoms with Gasteiger partial charge in [0.25, 0.3) is 5.91 Å². The van der Waals surface area contributed by atoms with Gasteiger partial charge in [-0.25, -0.2) is 0 Å². The smallest absolute Gasteiger partial charge is 0.254 e. The van der Waals surface area contributed by atoms with E-state index >= 15 is 0 Å². The van der Waals surface area contributed by atoms with E-state index in [1.165, 1.54) is 0 Å². The number of hydrogen-bond donors (Lipinski definition) is 2. The minimum atomic E-state index is -0.602. The van der Waals surface area contributed by atoms with E-state index < -0.39 is 12.1 Å².